The molecule has 4 nitrogen and oxygen atoms in total. The molecule has 0 radical (unpaired) electrons. The summed E-state index contributed by atoms with van der Waals surface area (Å²) in [6, 6.07) is 9.22. The minimum absolute atomic E-state index is 0.0224. The van der Waals surface area contributed by atoms with E-state index in [2.05, 4.69) is 6.07 Å². The zero-order chi connectivity index (χ0) is 19.1. The number of benzene rings is 2. The normalized spacial score (nSPS) is 16.7. The molecule has 0 saturated carbocycles. The Balaban J connectivity index is 1.43. The van der Waals surface area contributed by atoms with Crippen LogP contribution in [0.3, 0.4) is 0 Å². The molecule has 2 aromatic rings. The Morgan fingerprint density at radius 2 is 1.81 bits per heavy atom. The quantitative estimate of drug-likeness (QED) is 0.814. The first-order valence-corrected chi connectivity index (χ1v) is 9.09. The van der Waals surface area contributed by atoms with Gasteiger partial charge in [-0.2, -0.15) is 0 Å². The van der Waals surface area contributed by atoms with Gasteiger partial charge in [0.15, 0.2) is 11.6 Å². The van der Waals surface area contributed by atoms with E-state index in [4.69, 9.17) is 0 Å². The monoisotopic (exact) mass is 370 g/mol. The molecule has 4 rings (SSSR count). The number of hydrogen-bond acceptors (Lipinski definition) is 2. The van der Waals surface area contributed by atoms with Crippen molar-refractivity contribution in [3.63, 3.8) is 0 Å². The van der Waals surface area contributed by atoms with E-state index < -0.39 is 11.6 Å². The molecule has 6 heteroatoms. The molecule has 2 aromatic carbocycles. The van der Waals surface area contributed by atoms with Gasteiger partial charge in [0.05, 0.1) is 5.92 Å². The van der Waals surface area contributed by atoms with Crippen LogP contribution in [0, 0.1) is 24.5 Å². The molecular weight excluding hydrogens is 350 g/mol. The summed E-state index contributed by atoms with van der Waals surface area (Å²) in [4.78, 5) is 28.6. The van der Waals surface area contributed by atoms with Crippen molar-refractivity contribution in [3.05, 3.63) is 64.7 Å². The highest BCUT2D eigenvalue weighted by molar-refractivity contribution is 6.00. The highest BCUT2D eigenvalue weighted by Crippen LogP contribution is 2.31. The molecule has 0 aromatic heterocycles. The number of aryl methyl sites for hydroxylation is 2. The summed E-state index contributed by atoms with van der Waals surface area (Å²) < 4.78 is 26.4. The Kier molecular flexibility index (Phi) is 4.42. The van der Waals surface area contributed by atoms with E-state index in [9.17, 15) is 18.4 Å². The summed E-state index contributed by atoms with van der Waals surface area (Å²) >= 11 is 0. The molecule has 140 valence electrons. The number of likely N-dealkylation sites (tertiary alicyclic amines) is 1. The van der Waals surface area contributed by atoms with Crippen LogP contribution in [0.1, 0.15) is 27.9 Å². The van der Waals surface area contributed by atoms with Crippen LogP contribution in [0.25, 0.3) is 0 Å². The molecule has 1 fully saturated rings. The SMILES string of the molecule is Cc1ccc2c(c1)CCCN2C(=O)C1CN(C(=O)c2ccc(F)c(F)c2)C1. The fourth-order valence-corrected chi connectivity index (χ4v) is 3.79. The fraction of sp³-hybridized carbons (Fsp3) is 0.333. The second-order valence-corrected chi connectivity index (χ2v) is 7.26. The van der Waals surface area contributed by atoms with Crippen molar-refractivity contribution in [1.29, 1.82) is 0 Å². The lowest BCUT2D eigenvalue weighted by Crippen LogP contribution is -2.57. The molecule has 27 heavy (non-hydrogen) atoms. The van der Waals surface area contributed by atoms with E-state index in [0.29, 0.717) is 19.6 Å². The number of fused-ring (bicyclic) bond motifs is 1. The number of carbonyl (C=O) groups is 2. The van der Waals surface area contributed by atoms with E-state index in [1.165, 1.54) is 22.1 Å². The third-order valence-corrected chi connectivity index (χ3v) is 5.30. The highest BCUT2D eigenvalue weighted by Gasteiger charge is 2.39. The van der Waals surface area contributed by atoms with E-state index in [1.54, 1.807) is 0 Å². The van der Waals surface area contributed by atoms with Crippen LogP contribution in [-0.2, 0) is 11.2 Å². The van der Waals surface area contributed by atoms with Crippen molar-refractivity contribution in [3.8, 4) is 0 Å². The van der Waals surface area contributed by atoms with Crippen LogP contribution in [0.2, 0.25) is 0 Å². The predicted octanol–water partition coefficient (Wildman–Crippen LogP) is 3.32. The molecule has 0 atom stereocenters. The van der Waals surface area contributed by atoms with Gasteiger partial charge in [-0.15, -0.1) is 0 Å². The van der Waals surface area contributed by atoms with E-state index in [1.807, 2.05) is 24.0 Å². The van der Waals surface area contributed by atoms with Gasteiger partial charge in [0.2, 0.25) is 5.91 Å². The lowest BCUT2D eigenvalue weighted by Gasteiger charge is -2.41. The molecular formula is C21H20F2N2O2. The number of hydrogen-bond donors (Lipinski definition) is 0. The smallest absolute Gasteiger partial charge is 0.254 e. The minimum atomic E-state index is -1.05. The molecule has 0 spiro atoms. The maximum Gasteiger partial charge on any atom is 0.254 e. The molecule has 0 aliphatic carbocycles. The fourth-order valence-electron chi connectivity index (χ4n) is 3.79. The molecule has 2 amide bonds. The van der Waals surface area contributed by atoms with Crippen LogP contribution >= 0.6 is 0 Å². The van der Waals surface area contributed by atoms with E-state index >= 15 is 0 Å². The Morgan fingerprint density at radius 3 is 2.56 bits per heavy atom. The topological polar surface area (TPSA) is 40.6 Å². The first kappa shape index (κ1) is 17.6. The van der Waals surface area contributed by atoms with E-state index in [-0.39, 0.29) is 23.3 Å². The van der Waals surface area contributed by atoms with Gasteiger partial charge < -0.3 is 9.80 Å². The Labute approximate surface area is 156 Å². The summed E-state index contributed by atoms with van der Waals surface area (Å²) in [5.74, 6) is -2.65. The third kappa shape index (κ3) is 3.20. The van der Waals surface area contributed by atoms with Crippen molar-refractivity contribution in [2.45, 2.75) is 19.8 Å². The van der Waals surface area contributed by atoms with Crippen molar-refractivity contribution >= 4 is 17.5 Å². The van der Waals surface area contributed by atoms with Crippen LogP contribution < -0.4 is 4.90 Å². The van der Waals surface area contributed by atoms with Gasteiger partial charge in [0.25, 0.3) is 5.91 Å². The summed E-state index contributed by atoms with van der Waals surface area (Å²) in [5, 5.41) is 0. The average Bonchev–Trinajstić information content (AvgIpc) is 2.61. The van der Waals surface area contributed by atoms with Gasteiger partial charge in [0, 0.05) is 30.9 Å². The minimum Gasteiger partial charge on any atom is -0.337 e. The lowest BCUT2D eigenvalue weighted by atomic mass is 9.93. The standard InChI is InChI=1S/C21H20F2N2O2/c1-13-4-7-19-14(9-13)3-2-8-25(19)21(27)16-11-24(12-16)20(26)15-5-6-17(22)18(23)10-15/h4-7,9-10,16H,2-3,8,11-12H2,1H3. The van der Waals surface area contributed by atoms with Crippen LogP contribution in [-0.4, -0.2) is 36.3 Å². The van der Waals surface area contributed by atoms with Crippen molar-refractivity contribution in [1.82, 2.24) is 4.90 Å². The summed E-state index contributed by atoms with van der Waals surface area (Å²) in [7, 11) is 0. The molecule has 2 aliphatic rings. The highest BCUT2D eigenvalue weighted by atomic mass is 19.2. The summed E-state index contributed by atoms with van der Waals surface area (Å²) in [5.41, 5.74) is 3.42. The molecule has 0 unspecified atom stereocenters. The average molecular weight is 370 g/mol. The van der Waals surface area contributed by atoms with E-state index in [0.717, 1.165) is 30.7 Å². The number of anilines is 1. The maximum absolute atomic E-state index is 13.3. The predicted molar refractivity (Wildman–Crippen MR) is 97.6 cm³/mol. The largest absolute Gasteiger partial charge is 0.337 e. The Hall–Kier alpha value is -2.76. The molecule has 0 bridgehead atoms. The van der Waals surface area contributed by atoms with Crippen molar-refractivity contribution < 1.29 is 18.4 Å². The number of halogens is 2. The van der Waals surface area contributed by atoms with Crippen LogP contribution in [0.15, 0.2) is 36.4 Å². The van der Waals surface area contributed by atoms with Gasteiger partial charge in [-0.1, -0.05) is 17.7 Å². The van der Waals surface area contributed by atoms with Crippen LogP contribution in [0.5, 0.6) is 0 Å². The maximum atomic E-state index is 13.3. The molecule has 0 N–H and O–H groups in total. The third-order valence-electron chi connectivity index (χ3n) is 5.30. The van der Waals surface area contributed by atoms with Crippen molar-refractivity contribution in [2.75, 3.05) is 24.5 Å². The second kappa shape index (κ2) is 6.76. The van der Waals surface area contributed by atoms with Gasteiger partial charge >= 0.3 is 0 Å². The van der Waals surface area contributed by atoms with Gasteiger partial charge in [-0.3, -0.25) is 9.59 Å². The summed E-state index contributed by atoms with van der Waals surface area (Å²) in [6.45, 7) is 3.32. The number of rotatable bonds is 2. The van der Waals surface area contributed by atoms with Gasteiger partial charge in [0.1, 0.15) is 0 Å². The number of nitrogens with zero attached hydrogens (tertiary/aromatic N) is 2. The Bertz CT molecular complexity index is 922. The number of carbonyl (C=O) groups excluding carboxylic acids is 2. The van der Waals surface area contributed by atoms with Gasteiger partial charge in [-0.25, -0.2) is 8.78 Å². The van der Waals surface area contributed by atoms with Gasteiger partial charge in [-0.05, 0) is 49.6 Å². The zero-order valence-electron chi connectivity index (χ0n) is 15.0. The lowest BCUT2D eigenvalue weighted by molar-refractivity contribution is -0.126. The number of amides is 2. The molecule has 2 heterocycles. The summed E-state index contributed by atoms with van der Waals surface area (Å²) in [6.07, 6.45) is 1.89. The molecule has 1 saturated heterocycles. The molecule has 2 aliphatic heterocycles. The van der Waals surface area contributed by atoms with Crippen molar-refractivity contribution in [2.24, 2.45) is 5.92 Å². The first-order valence-electron chi connectivity index (χ1n) is 9.09. The van der Waals surface area contributed by atoms with Crippen LogP contribution in [0.4, 0.5) is 14.5 Å². The Morgan fingerprint density at radius 1 is 1.04 bits per heavy atom. The zero-order valence-corrected chi connectivity index (χ0v) is 15.0. The second-order valence-electron chi connectivity index (χ2n) is 7.26. The first-order chi connectivity index (χ1) is 12.9.